The summed E-state index contributed by atoms with van der Waals surface area (Å²) in [4.78, 5) is 15.7. The zero-order valence-corrected chi connectivity index (χ0v) is 12.6. The molecule has 2 aromatic heterocycles. The molecule has 22 heavy (non-hydrogen) atoms. The minimum absolute atomic E-state index is 0.219. The van der Waals surface area contributed by atoms with E-state index in [1.54, 1.807) is 13.2 Å². The van der Waals surface area contributed by atoms with E-state index in [9.17, 15) is 4.79 Å². The molecule has 0 saturated carbocycles. The first kappa shape index (κ1) is 14.4. The number of carbonyl (C=O) groups excluding carboxylic acids is 1. The highest BCUT2D eigenvalue weighted by Gasteiger charge is 2.12. The molecule has 1 amide bonds. The summed E-state index contributed by atoms with van der Waals surface area (Å²) in [6.45, 7) is 0.582. The zero-order chi connectivity index (χ0) is 15.5. The number of anilines is 2. The Morgan fingerprint density at radius 2 is 2.36 bits per heavy atom. The Morgan fingerprint density at radius 1 is 1.50 bits per heavy atom. The number of aromatic amines is 1. The summed E-state index contributed by atoms with van der Waals surface area (Å²) in [6.07, 6.45) is 0.668. The molecule has 0 bridgehead atoms. The first-order valence-corrected chi connectivity index (χ1v) is 7.31. The molecule has 2 heterocycles. The largest absolute Gasteiger partial charge is 0.384 e. The van der Waals surface area contributed by atoms with Gasteiger partial charge in [0.25, 0.3) is 5.91 Å². The number of hydrogen-bond acceptors (Lipinski definition) is 7. The van der Waals surface area contributed by atoms with Crippen molar-refractivity contribution in [3.05, 3.63) is 29.7 Å². The number of amides is 1. The molecule has 1 aromatic carbocycles. The maximum atomic E-state index is 11.3. The topological polar surface area (TPSA) is 119 Å². The van der Waals surface area contributed by atoms with Gasteiger partial charge >= 0.3 is 0 Å². The van der Waals surface area contributed by atoms with Crippen LogP contribution >= 0.6 is 11.5 Å². The molecule has 0 aliphatic carbocycles. The highest BCUT2D eigenvalue weighted by molar-refractivity contribution is 7.09. The fraction of sp³-hybridized carbons (Fsp3) is 0.231. The summed E-state index contributed by atoms with van der Waals surface area (Å²) in [5, 5.41) is 11.2. The molecule has 0 spiro atoms. The number of aromatic nitrogens is 4. The van der Waals surface area contributed by atoms with E-state index in [1.165, 1.54) is 11.5 Å². The van der Waals surface area contributed by atoms with Crippen LogP contribution in [0.25, 0.3) is 10.9 Å². The molecule has 8 nitrogen and oxygen atoms in total. The van der Waals surface area contributed by atoms with Gasteiger partial charge in [-0.15, -0.1) is 0 Å². The lowest BCUT2D eigenvalue weighted by atomic mass is 10.2. The van der Waals surface area contributed by atoms with E-state index in [0.717, 1.165) is 17.0 Å². The van der Waals surface area contributed by atoms with Crippen molar-refractivity contribution in [1.82, 2.24) is 19.6 Å². The minimum atomic E-state index is -0.568. The molecule has 114 valence electrons. The third kappa shape index (κ3) is 2.90. The molecule has 0 aliphatic heterocycles. The van der Waals surface area contributed by atoms with Crippen molar-refractivity contribution in [2.75, 3.05) is 19.0 Å². The van der Waals surface area contributed by atoms with Gasteiger partial charge < -0.3 is 15.8 Å². The van der Waals surface area contributed by atoms with Gasteiger partial charge in [-0.1, -0.05) is 0 Å². The molecule has 9 heteroatoms. The Labute approximate surface area is 129 Å². The van der Waals surface area contributed by atoms with Gasteiger partial charge in [-0.3, -0.25) is 9.89 Å². The van der Waals surface area contributed by atoms with Crippen LogP contribution in [-0.2, 0) is 11.2 Å². The molecule has 0 saturated heterocycles. The smallest absolute Gasteiger partial charge is 0.269 e. The number of nitrogens with one attached hydrogen (secondary N) is 2. The third-order valence-electron chi connectivity index (χ3n) is 3.05. The number of nitrogens with zero attached hydrogens (tertiary/aromatic N) is 3. The summed E-state index contributed by atoms with van der Waals surface area (Å²) in [5.74, 6) is 0.165. The van der Waals surface area contributed by atoms with Crippen molar-refractivity contribution in [1.29, 1.82) is 0 Å². The summed E-state index contributed by atoms with van der Waals surface area (Å²) < 4.78 is 9.24. The second-order valence-corrected chi connectivity index (χ2v) is 5.33. The van der Waals surface area contributed by atoms with Crippen molar-refractivity contribution < 1.29 is 9.53 Å². The molecular formula is C13H14N6O2S. The van der Waals surface area contributed by atoms with E-state index >= 15 is 0 Å². The maximum absolute atomic E-state index is 11.3. The van der Waals surface area contributed by atoms with Crippen molar-refractivity contribution in [2.24, 2.45) is 5.73 Å². The molecule has 4 N–H and O–H groups in total. The molecule has 0 unspecified atom stereocenters. The fourth-order valence-electron chi connectivity index (χ4n) is 2.00. The molecule has 0 atom stereocenters. The second kappa shape index (κ2) is 6.08. The van der Waals surface area contributed by atoms with Crippen LogP contribution in [0.3, 0.4) is 0 Å². The standard InChI is InChI=1S/C13H14N6O2S/c1-21-5-4-10-16-13(22-19-10)15-7-2-3-9-8(6-7)11(12(14)20)18-17-9/h2-3,6H,4-5H2,1H3,(H2,14,20)(H,17,18)(H,15,16,19). The Hall–Kier alpha value is -2.52. The molecule has 0 radical (unpaired) electrons. The van der Waals surface area contributed by atoms with Gasteiger partial charge in [0.15, 0.2) is 5.69 Å². The molecule has 0 aliphatic rings. The highest BCUT2D eigenvalue weighted by atomic mass is 32.1. The van der Waals surface area contributed by atoms with Gasteiger partial charge in [0, 0.05) is 36.1 Å². The van der Waals surface area contributed by atoms with Gasteiger partial charge in [-0.25, -0.2) is 4.98 Å². The number of methoxy groups -OCH3 is 1. The lowest BCUT2D eigenvalue weighted by Gasteiger charge is -2.02. The van der Waals surface area contributed by atoms with E-state index in [1.807, 2.05) is 12.1 Å². The van der Waals surface area contributed by atoms with Crippen molar-refractivity contribution in [2.45, 2.75) is 6.42 Å². The average molecular weight is 318 g/mol. The summed E-state index contributed by atoms with van der Waals surface area (Å²) in [7, 11) is 1.64. The normalized spacial score (nSPS) is 11.0. The number of rotatable bonds is 6. The van der Waals surface area contributed by atoms with Crippen LogP contribution in [-0.4, -0.2) is 39.2 Å². The maximum Gasteiger partial charge on any atom is 0.269 e. The molecule has 3 rings (SSSR count). The summed E-state index contributed by atoms with van der Waals surface area (Å²) in [6, 6.07) is 5.49. The van der Waals surface area contributed by atoms with Crippen LogP contribution in [0.15, 0.2) is 18.2 Å². The summed E-state index contributed by atoms with van der Waals surface area (Å²) >= 11 is 1.27. The molecule has 0 fully saturated rings. The lowest BCUT2D eigenvalue weighted by Crippen LogP contribution is -2.11. The Kier molecular flexibility index (Phi) is 3.98. The van der Waals surface area contributed by atoms with Gasteiger partial charge in [0.1, 0.15) is 5.82 Å². The number of benzene rings is 1. The van der Waals surface area contributed by atoms with Crippen LogP contribution in [0, 0.1) is 0 Å². The van der Waals surface area contributed by atoms with E-state index in [0.29, 0.717) is 23.5 Å². The van der Waals surface area contributed by atoms with Gasteiger partial charge in [0.2, 0.25) is 5.13 Å². The molecule has 3 aromatic rings. The van der Waals surface area contributed by atoms with E-state index in [-0.39, 0.29) is 5.69 Å². The van der Waals surface area contributed by atoms with Crippen molar-refractivity contribution >= 4 is 39.2 Å². The number of carbonyl (C=O) groups is 1. The van der Waals surface area contributed by atoms with Crippen LogP contribution in [0.5, 0.6) is 0 Å². The predicted octanol–water partition coefficient (Wildman–Crippen LogP) is 1.45. The number of H-pyrrole nitrogens is 1. The number of hydrogen-bond donors (Lipinski definition) is 3. The van der Waals surface area contributed by atoms with Crippen molar-refractivity contribution in [3.8, 4) is 0 Å². The predicted molar refractivity (Wildman–Crippen MR) is 83.4 cm³/mol. The van der Waals surface area contributed by atoms with Crippen LogP contribution in [0.1, 0.15) is 16.3 Å². The SMILES string of the molecule is COCCc1nsc(Nc2ccc3[nH]nc(C(N)=O)c3c2)n1. The Morgan fingerprint density at radius 3 is 3.14 bits per heavy atom. The number of ether oxygens (including phenoxy) is 1. The van der Waals surface area contributed by atoms with Gasteiger partial charge in [-0.2, -0.15) is 9.47 Å². The highest BCUT2D eigenvalue weighted by Crippen LogP contribution is 2.24. The van der Waals surface area contributed by atoms with Crippen molar-refractivity contribution in [3.63, 3.8) is 0 Å². The van der Waals surface area contributed by atoms with Crippen LogP contribution in [0.2, 0.25) is 0 Å². The minimum Gasteiger partial charge on any atom is -0.384 e. The Bertz CT molecular complexity index is 812. The third-order valence-corrected chi connectivity index (χ3v) is 3.71. The zero-order valence-electron chi connectivity index (χ0n) is 11.8. The van der Waals surface area contributed by atoms with E-state index in [2.05, 4.69) is 24.9 Å². The van der Waals surface area contributed by atoms with Gasteiger partial charge in [-0.05, 0) is 18.2 Å². The van der Waals surface area contributed by atoms with Gasteiger partial charge in [0.05, 0.1) is 12.1 Å². The first-order chi connectivity index (χ1) is 10.7. The number of fused-ring (bicyclic) bond motifs is 1. The second-order valence-electron chi connectivity index (χ2n) is 4.58. The van der Waals surface area contributed by atoms with Crippen LogP contribution in [0.4, 0.5) is 10.8 Å². The monoisotopic (exact) mass is 318 g/mol. The first-order valence-electron chi connectivity index (χ1n) is 6.54. The van der Waals surface area contributed by atoms with Crippen LogP contribution < -0.4 is 11.1 Å². The lowest BCUT2D eigenvalue weighted by molar-refractivity contribution is 0.0997. The quantitative estimate of drug-likeness (QED) is 0.633. The number of nitrogens with two attached hydrogens (primary N) is 1. The van der Waals surface area contributed by atoms with E-state index in [4.69, 9.17) is 10.5 Å². The number of primary amides is 1. The average Bonchev–Trinajstić information content (AvgIpc) is 3.11. The van der Waals surface area contributed by atoms with E-state index < -0.39 is 5.91 Å². The fourth-order valence-corrected chi connectivity index (χ4v) is 2.64. The molecular weight excluding hydrogens is 304 g/mol. The summed E-state index contributed by atoms with van der Waals surface area (Å²) in [5.41, 5.74) is 7.05. The Balaban J connectivity index is 1.82.